The zero-order valence-electron chi connectivity index (χ0n) is 15.0. The predicted molar refractivity (Wildman–Crippen MR) is 116 cm³/mol. The van der Waals surface area contributed by atoms with Crippen molar-refractivity contribution < 1.29 is 9.53 Å². The second-order valence-electron chi connectivity index (χ2n) is 6.36. The van der Waals surface area contributed by atoms with Crippen molar-refractivity contribution in [2.24, 2.45) is 0 Å². The summed E-state index contributed by atoms with van der Waals surface area (Å²) in [4.78, 5) is 12.9. The van der Waals surface area contributed by atoms with Gasteiger partial charge in [-0.05, 0) is 64.7 Å². The quantitative estimate of drug-likeness (QED) is 0.318. The first-order chi connectivity index (χ1) is 13.7. The minimum absolute atomic E-state index is 0.405. The van der Waals surface area contributed by atoms with E-state index in [9.17, 15) is 4.79 Å². The van der Waals surface area contributed by atoms with E-state index in [-0.39, 0.29) is 0 Å². The number of thiophene rings is 1. The molecule has 0 aliphatic carbocycles. The normalized spacial score (nSPS) is 10.6. The van der Waals surface area contributed by atoms with E-state index in [2.05, 4.69) is 18.2 Å². The standard InChI is InChI=1S/C24H17ClO2S/c25-24(26)23-14-13-22(28-23)15-17-9-11-20(12-10-17)27-21-8-4-7-19(16-21)18-5-2-1-3-6-18/h1-14,16H,15H2. The Morgan fingerprint density at radius 3 is 2.25 bits per heavy atom. The summed E-state index contributed by atoms with van der Waals surface area (Å²) in [6.45, 7) is 0. The maximum absolute atomic E-state index is 11.2. The predicted octanol–water partition coefficient (Wildman–Crippen LogP) is 7.18. The van der Waals surface area contributed by atoms with E-state index in [4.69, 9.17) is 16.3 Å². The van der Waals surface area contributed by atoms with Gasteiger partial charge in [-0.1, -0.05) is 54.6 Å². The number of hydrogen-bond acceptors (Lipinski definition) is 3. The minimum Gasteiger partial charge on any atom is -0.457 e. The van der Waals surface area contributed by atoms with Crippen LogP contribution >= 0.6 is 22.9 Å². The van der Waals surface area contributed by atoms with Gasteiger partial charge in [0.2, 0.25) is 0 Å². The SMILES string of the molecule is O=C(Cl)c1ccc(Cc2ccc(Oc3cccc(-c4ccccc4)c3)cc2)s1. The van der Waals surface area contributed by atoms with Crippen molar-refractivity contribution in [1.82, 2.24) is 0 Å². The van der Waals surface area contributed by atoms with Crippen molar-refractivity contribution >= 4 is 28.2 Å². The molecule has 3 aromatic carbocycles. The lowest BCUT2D eigenvalue weighted by molar-refractivity contribution is 0.108. The first-order valence-corrected chi connectivity index (χ1v) is 10.1. The van der Waals surface area contributed by atoms with Gasteiger partial charge in [-0.3, -0.25) is 4.79 Å². The maximum atomic E-state index is 11.2. The highest BCUT2D eigenvalue weighted by atomic mass is 35.5. The van der Waals surface area contributed by atoms with E-state index in [0.29, 0.717) is 4.88 Å². The summed E-state index contributed by atoms with van der Waals surface area (Å²) in [6.07, 6.45) is 0.763. The summed E-state index contributed by atoms with van der Waals surface area (Å²) in [7, 11) is 0. The van der Waals surface area contributed by atoms with Crippen LogP contribution in [0.3, 0.4) is 0 Å². The lowest BCUT2D eigenvalue weighted by Crippen LogP contribution is -1.88. The van der Waals surface area contributed by atoms with Crippen LogP contribution in [0.1, 0.15) is 20.1 Å². The van der Waals surface area contributed by atoms with Crippen molar-refractivity contribution in [3.8, 4) is 22.6 Å². The van der Waals surface area contributed by atoms with Crippen molar-refractivity contribution in [2.75, 3.05) is 0 Å². The fraction of sp³-hybridized carbons (Fsp3) is 0.0417. The van der Waals surface area contributed by atoms with Crippen LogP contribution in [0.25, 0.3) is 11.1 Å². The molecule has 0 saturated carbocycles. The third kappa shape index (κ3) is 4.50. The van der Waals surface area contributed by atoms with Crippen LogP contribution in [0.5, 0.6) is 11.5 Å². The number of benzene rings is 3. The molecule has 4 heteroatoms. The van der Waals surface area contributed by atoms with Crippen LogP contribution < -0.4 is 4.74 Å². The second-order valence-corrected chi connectivity index (χ2v) is 7.87. The molecule has 0 radical (unpaired) electrons. The fourth-order valence-corrected chi connectivity index (χ4v) is 4.01. The number of halogens is 1. The van der Waals surface area contributed by atoms with Gasteiger partial charge in [-0.25, -0.2) is 0 Å². The molecule has 1 heterocycles. The average Bonchev–Trinajstić information content (AvgIpc) is 3.19. The highest BCUT2D eigenvalue weighted by molar-refractivity contribution is 7.15. The molecule has 4 aromatic rings. The first kappa shape index (κ1) is 18.5. The van der Waals surface area contributed by atoms with Gasteiger partial charge >= 0.3 is 0 Å². The van der Waals surface area contributed by atoms with Gasteiger partial charge in [0.25, 0.3) is 5.24 Å². The Morgan fingerprint density at radius 1 is 0.786 bits per heavy atom. The van der Waals surface area contributed by atoms with Crippen LogP contribution in [0.4, 0.5) is 0 Å². The Balaban J connectivity index is 1.45. The summed E-state index contributed by atoms with van der Waals surface area (Å²) < 4.78 is 6.02. The molecule has 0 amide bonds. The van der Waals surface area contributed by atoms with Gasteiger partial charge < -0.3 is 4.74 Å². The number of carbonyl (C=O) groups excluding carboxylic acids is 1. The maximum Gasteiger partial charge on any atom is 0.262 e. The molecule has 28 heavy (non-hydrogen) atoms. The molecule has 0 atom stereocenters. The van der Waals surface area contributed by atoms with Crippen molar-refractivity contribution in [1.29, 1.82) is 0 Å². The highest BCUT2D eigenvalue weighted by Crippen LogP contribution is 2.28. The van der Waals surface area contributed by atoms with Gasteiger partial charge in [-0.15, -0.1) is 11.3 Å². The third-order valence-electron chi connectivity index (χ3n) is 4.33. The third-order valence-corrected chi connectivity index (χ3v) is 5.73. The van der Waals surface area contributed by atoms with Gasteiger partial charge in [0, 0.05) is 11.3 Å². The molecule has 0 aliphatic heterocycles. The molecular formula is C24H17ClO2S. The minimum atomic E-state index is -0.405. The van der Waals surface area contributed by atoms with Crippen LogP contribution in [0.2, 0.25) is 0 Å². The fourth-order valence-electron chi connectivity index (χ4n) is 2.96. The molecule has 0 spiro atoms. The molecule has 0 fully saturated rings. The molecular weight excluding hydrogens is 388 g/mol. The Kier molecular flexibility index (Phi) is 5.56. The van der Waals surface area contributed by atoms with E-state index in [1.165, 1.54) is 11.3 Å². The smallest absolute Gasteiger partial charge is 0.262 e. The molecule has 0 aliphatic rings. The van der Waals surface area contributed by atoms with Crippen LogP contribution in [-0.4, -0.2) is 5.24 Å². The second kappa shape index (κ2) is 8.42. The Hall–Kier alpha value is -2.88. The van der Waals surface area contributed by atoms with Crippen molar-refractivity contribution in [2.45, 2.75) is 6.42 Å². The summed E-state index contributed by atoms with van der Waals surface area (Å²) in [5.41, 5.74) is 3.44. The molecule has 0 saturated heterocycles. The largest absolute Gasteiger partial charge is 0.457 e. The molecule has 0 bridgehead atoms. The van der Waals surface area contributed by atoms with E-state index in [1.807, 2.05) is 66.7 Å². The highest BCUT2D eigenvalue weighted by Gasteiger charge is 2.07. The molecule has 138 valence electrons. The van der Waals surface area contributed by atoms with Gasteiger partial charge in [0.05, 0.1) is 4.88 Å². The van der Waals surface area contributed by atoms with Crippen LogP contribution in [0, 0.1) is 0 Å². The number of hydrogen-bond donors (Lipinski definition) is 0. The number of carbonyl (C=O) groups is 1. The summed E-state index contributed by atoms with van der Waals surface area (Å²) in [6, 6.07) is 30.0. The monoisotopic (exact) mass is 404 g/mol. The molecule has 0 unspecified atom stereocenters. The molecule has 1 aromatic heterocycles. The zero-order chi connectivity index (χ0) is 19.3. The Bertz CT molecular complexity index is 1090. The first-order valence-electron chi connectivity index (χ1n) is 8.88. The van der Waals surface area contributed by atoms with Gasteiger partial charge in [0.1, 0.15) is 11.5 Å². The van der Waals surface area contributed by atoms with Crippen LogP contribution in [0.15, 0.2) is 91.0 Å². The lowest BCUT2D eigenvalue weighted by Gasteiger charge is -2.09. The zero-order valence-corrected chi connectivity index (χ0v) is 16.5. The molecule has 0 N–H and O–H groups in total. The number of rotatable bonds is 6. The van der Waals surface area contributed by atoms with Crippen LogP contribution in [-0.2, 0) is 6.42 Å². The molecule has 2 nitrogen and oxygen atoms in total. The number of ether oxygens (including phenoxy) is 1. The van der Waals surface area contributed by atoms with Gasteiger partial charge in [0.15, 0.2) is 0 Å². The lowest BCUT2D eigenvalue weighted by atomic mass is 10.1. The van der Waals surface area contributed by atoms with Gasteiger partial charge in [-0.2, -0.15) is 0 Å². The van der Waals surface area contributed by atoms with E-state index >= 15 is 0 Å². The topological polar surface area (TPSA) is 26.3 Å². The molecule has 4 rings (SSSR count). The van der Waals surface area contributed by atoms with E-state index in [0.717, 1.165) is 39.5 Å². The van der Waals surface area contributed by atoms with Crippen molar-refractivity contribution in [3.63, 3.8) is 0 Å². The summed E-state index contributed by atoms with van der Waals surface area (Å²) in [5, 5.41) is -0.405. The summed E-state index contributed by atoms with van der Waals surface area (Å²) in [5.74, 6) is 1.59. The van der Waals surface area contributed by atoms with Crippen molar-refractivity contribution in [3.05, 3.63) is 106 Å². The summed E-state index contributed by atoms with van der Waals surface area (Å²) >= 11 is 6.95. The Morgan fingerprint density at radius 2 is 1.54 bits per heavy atom. The Labute approximate surface area is 173 Å². The van der Waals surface area contributed by atoms with E-state index in [1.54, 1.807) is 6.07 Å². The average molecular weight is 405 g/mol. The van der Waals surface area contributed by atoms with E-state index < -0.39 is 5.24 Å².